The standard InChI is InChI=1S/C2H7NO3.ClH/c1-5-3(4)6-2;/h4H,1-2H3;1H. The van der Waals surface area contributed by atoms with Crippen molar-refractivity contribution in [2.75, 3.05) is 14.2 Å². The van der Waals surface area contributed by atoms with Crippen molar-refractivity contribution in [3.8, 4) is 0 Å². The fourth-order valence-electron chi connectivity index (χ4n) is 0.0745. The van der Waals surface area contributed by atoms with E-state index in [1.807, 2.05) is 0 Å². The van der Waals surface area contributed by atoms with E-state index in [9.17, 15) is 0 Å². The molecule has 0 fully saturated rings. The fourth-order valence-corrected chi connectivity index (χ4v) is 0.0745. The largest absolute Gasteiger partial charge is 0.266 e. The molecule has 0 rings (SSSR count). The monoisotopic (exact) mass is 129 g/mol. The fraction of sp³-hybridized carbons (Fsp3) is 1.00. The Morgan fingerprint density at radius 2 is 1.57 bits per heavy atom. The first-order valence-electron chi connectivity index (χ1n) is 1.38. The van der Waals surface area contributed by atoms with Crippen LogP contribution in [-0.2, 0) is 9.68 Å². The van der Waals surface area contributed by atoms with Crippen LogP contribution in [0.1, 0.15) is 0 Å². The van der Waals surface area contributed by atoms with Crippen LogP contribution >= 0.6 is 12.4 Å². The van der Waals surface area contributed by atoms with Crippen molar-refractivity contribution >= 4 is 12.4 Å². The third kappa shape index (κ3) is 6.13. The van der Waals surface area contributed by atoms with Crippen LogP contribution in [0.25, 0.3) is 0 Å². The van der Waals surface area contributed by atoms with Crippen molar-refractivity contribution in [2.24, 2.45) is 0 Å². The molecule has 0 aromatic heterocycles. The number of nitrogens with zero attached hydrogens (tertiary/aromatic N) is 1. The van der Waals surface area contributed by atoms with Gasteiger partial charge in [-0.2, -0.15) is 0 Å². The summed E-state index contributed by atoms with van der Waals surface area (Å²) in [5, 5.41) is 8.31. The van der Waals surface area contributed by atoms with Crippen LogP contribution in [0, 0.1) is 0 Å². The molecule has 0 radical (unpaired) electrons. The molecule has 0 aliphatic carbocycles. The highest BCUT2D eigenvalue weighted by atomic mass is 35.5. The zero-order valence-electron chi connectivity index (χ0n) is 4.12. The molecule has 0 aromatic rings. The van der Waals surface area contributed by atoms with E-state index >= 15 is 0 Å². The summed E-state index contributed by atoms with van der Waals surface area (Å²) in [7, 11) is 2.56. The lowest BCUT2D eigenvalue weighted by atomic mass is 11.7. The molecule has 7 heavy (non-hydrogen) atoms. The van der Waals surface area contributed by atoms with E-state index in [2.05, 4.69) is 9.68 Å². The maximum absolute atomic E-state index is 8.06. The first-order chi connectivity index (χ1) is 2.81. The van der Waals surface area contributed by atoms with Gasteiger partial charge in [0.15, 0.2) is 0 Å². The molecule has 0 unspecified atom stereocenters. The van der Waals surface area contributed by atoms with Gasteiger partial charge in [-0.3, -0.25) is 14.9 Å². The molecular weight excluding hydrogens is 121 g/mol. The summed E-state index contributed by atoms with van der Waals surface area (Å²) in [5.74, 6) is 0. The van der Waals surface area contributed by atoms with Crippen molar-refractivity contribution in [1.29, 1.82) is 0 Å². The minimum absolute atomic E-state index is 0. The molecule has 0 saturated carbocycles. The molecular formula is C2H8ClNO3. The summed E-state index contributed by atoms with van der Waals surface area (Å²) in [6.45, 7) is 0. The number of halogens is 1. The van der Waals surface area contributed by atoms with Gasteiger partial charge in [0.25, 0.3) is 0 Å². The summed E-state index contributed by atoms with van der Waals surface area (Å²) < 4.78 is 0. The van der Waals surface area contributed by atoms with Crippen LogP contribution < -0.4 is 0 Å². The number of hydrogen-bond acceptors (Lipinski definition) is 4. The first kappa shape index (κ1) is 10.2. The minimum atomic E-state index is 0. The lowest BCUT2D eigenvalue weighted by Gasteiger charge is -2.03. The SMILES string of the molecule is CON(O)OC.Cl. The topological polar surface area (TPSA) is 41.9 Å². The Bertz CT molecular complexity index is 32.1. The van der Waals surface area contributed by atoms with E-state index in [1.54, 1.807) is 0 Å². The summed E-state index contributed by atoms with van der Waals surface area (Å²) in [6, 6.07) is 0. The average molecular weight is 130 g/mol. The molecule has 46 valence electrons. The maximum Gasteiger partial charge on any atom is 0.0734 e. The van der Waals surface area contributed by atoms with E-state index in [0.29, 0.717) is 0 Å². The lowest BCUT2D eigenvalue weighted by Crippen LogP contribution is -2.14. The highest BCUT2D eigenvalue weighted by Crippen LogP contribution is 1.74. The lowest BCUT2D eigenvalue weighted by molar-refractivity contribution is -0.493. The van der Waals surface area contributed by atoms with Crippen molar-refractivity contribution in [2.45, 2.75) is 0 Å². The van der Waals surface area contributed by atoms with Gasteiger partial charge in [0.1, 0.15) is 0 Å². The zero-order valence-corrected chi connectivity index (χ0v) is 4.94. The van der Waals surface area contributed by atoms with Crippen LogP contribution in [0.5, 0.6) is 0 Å². The minimum Gasteiger partial charge on any atom is -0.266 e. The molecule has 5 heteroatoms. The quantitative estimate of drug-likeness (QED) is 0.542. The van der Waals surface area contributed by atoms with E-state index in [1.165, 1.54) is 14.2 Å². The first-order valence-corrected chi connectivity index (χ1v) is 1.38. The number of rotatable bonds is 2. The van der Waals surface area contributed by atoms with Gasteiger partial charge in [0, 0.05) is 0 Å². The second kappa shape index (κ2) is 6.13. The second-order valence-corrected chi connectivity index (χ2v) is 0.603. The Morgan fingerprint density at radius 3 is 1.57 bits per heavy atom. The Balaban J connectivity index is 0. The normalized spacial score (nSPS) is 8.57. The van der Waals surface area contributed by atoms with E-state index in [4.69, 9.17) is 5.21 Å². The Hall–Kier alpha value is 0.130. The summed E-state index contributed by atoms with van der Waals surface area (Å²) in [6.07, 6.45) is 0. The van der Waals surface area contributed by atoms with E-state index < -0.39 is 0 Å². The van der Waals surface area contributed by atoms with Gasteiger partial charge in [-0.25, -0.2) is 0 Å². The molecule has 0 aliphatic heterocycles. The molecule has 0 spiro atoms. The molecule has 0 amide bonds. The predicted octanol–water partition coefficient (Wildman–Crippen LogP) is 0.222. The highest BCUT2D eigenvalue weighted by molar-refractivity contribution is 5.85. The molecule has 0 atom stereocenters. The van der Waals surface area contributed by atoms with Gasteiger partial charge < -0.3 is 0 Å². The van der Waals surface area contributed by atoms with Crippen LogP contribution in [0.15, 0.2) is 0 Å². The van der Waals surface area contributed by atoms with Gasteiger partial charge in [0.05, 0.1) is 19.6 Å². The van der Waals surface area contributed by atoms with Crippen molar-refractivity contribution in [3.05, 3.63) is 0 Å². The van der Waals surface area contributed by atoms with Gasteiger partial charge in [-0.1, -0.05) is 0 Å². The molecule has 1 N–H and O–H groups in total. The maximum atomic E-state index is 8.06. The summed E-state index contributed by atoms with van der Waals surface area (Å²) in [4.78, 5) is 8.13. The summed E-state index contributed by atoms with van der Waals surface area (Å²) in [5.41, 5.74) is 0. The summed E-state index contributed by atoms with van der Waals surface area (Å²) >= 11 is 0. The molecule has 0 aliphatic rings. The second-order valence-electron chi connectivity index (χ2n) is 0.603. The Morgan fingerprint density at radius 1 is 1.29 bits per heavy atom. The van der Waals surface area contributed by atoms with Crippen LogP contribution in [0.4, 0.5) is 0 Å². The van der Waals surface area contributed by atoms with Crippen LogP contribution in [-0.4, -0.2) is 24.8 Å². The zero-order chi connectivity index (χ0) is 4.99. The van der Waals surface area contributed by atoms with Crippen molar-refractivity contribution in [1.82, 2.24) is 5.39 Å². The van der Waals surface area contributed by atoms with Crippen molar-refractivity contribution in [3.63, 3.8) is 0 Å². The van der Waals surface area contributed by atoms with Crippen molar-refractivity contribution < 1.29 is 14.9 Å². The third-order valence-corrected chi connectivity index (χ3v) is 0.312. The molecule has 0 saturated heterocycles. The van der Waals surface area contributed by atoms with Gasteiger partial charge in [-0.15, -0.1) is 12.4 Å². The number of hydrogen-bond donors (Lipinski definition) is 1. The van der Waals surface area contributed by atoms with Gasteiger partial charge in [-0.05, 0) is 0 Å². The van der Waals surface area contributed by atoms with Gasteiger partial charge in [0.2, 0.25) is 0 Å². The Kier molecular flexibility index (Phi) is 8.92. The molecule has 4 nitrogen and oxygen atoms in total. The van der Waals surface area contributed by atoms with Crippen LogP contribution in [0.2, 0.25) is 0 Å². The smallest absolute Gasteiger partial charge is 0.0734 e. The van der Waals surface area contributed by atoms with Gasteiger partial charge >= 0.3 is 0 Å². The van der Waals surface area contributed by atoms with E-state index in [0.717, 1.165) is 0 Å². The molecule has 0 aromatic carbocycles. The molecule has 0 heterocycles. The van der Waals surface area contributed by atoms with Crippen LogP contribution in [0.3, 0.4) is 0 Å². The average Bonchev–Trinajstić information content (AvgIpc) is 1.65. The highest BCUT2D eigenvalue weighted by Gasteiger charge is 1.85. The molecule has 0 bridgehead atoms. The Labute approximate surface area is 47.9 Å². The predicted molar refractivity (Wildman–Crippen MR) is 24.9 cm³/mol. The van der Waals surface area contributed by atoms with E-state index in [-0.39, 0.29) is 17.8 Å². The third-order valence-electron chi connectivity index (χ3n) is 0.312.